The lowest BCUT2D eigenvalue weighted by Gasteiger charge is -2.24. The van der Waals surface area contributed by atoms with Crippen LogP contribution in [0, 0.1) is 6.92 Å². The van der Waals surface area contributed by atoms with Crippen molar-refractivity contribution in [1.82, 2.24) is 10.3 Å². The van der Waals surface area contributed by atoms with E-state index in [1.807, 2.05) is 0 Å². The lowest BCUT2D eigenvalue weighted by Crippen LogP contribution is -2.37. The number of rotatable bonds is 4. The zero-order valence-electron chi connectivity index (χ0n) is 9.49. The van der Waals surface area contributed by atoms with Crippen molar-refractivity contribution >= 4 is 16.5 Å². The molecule has 15 heavy (non-hydrogen) atoms. The van der Waals surface area contributed by atoms with Gasteiger partial charge in [0.1, 0.15) is 0 Å². The molecule has 0 aliphatic carbocycles. The van der Waals surface area contributed by atoms with Crippen LogP contribution in [-0.4, -0.2) is 30.7 Å². The van der Waals surface area contributed by atoms with Crippen molar-refractivity contribution in [2.24, 2.45) is 0 Å². The number of aryl methyl sites for hydroxylation is 1. The highest BCUT2D eigenvalue weighted by Crippen LogP contribution is 2.27. The second-order valence-electron chi connectivity index (χ2n) is 4.07. The molecule has 1 atom stereocenters. The normalized spacial score (nSPS) is 21.2. The molecule has 1 aliphatic heterocycles. The highest BCUT2D eigenvalue weighted by molar-refractivity contribution is 7.13. The SMILES string of the molecule is CCNCC1CCCN1c1nc(C)cs1. The standard InChI is InChI=1S/C11H19N3S/c1-3-12-7-10-5-4-6-14(10)11-13-9(2)8-15-11/h8,10,12H,3-7H2,1-2H3. The lowest BCUT2D eigenvalue weighted by molar-refractivity contribution is 0.587. The zero-order valence-corrected chi connectivity index (χ0v) is 10.3. The molecule has 84 valence electrons. The zero-order chi connectivity index (χ0) is 10.7. The molecular formula is C11H19N3S. The van der Waals surface area contributed by atoms with Gasteiger partial charge in [-0.25, -0.2) is 4.98 Å². The summed E-state index contributed by atoms with van der Waals surface area (Å²) in [6.07, 6.45) is 2.60. The maximum absolute atomic E-state index is 4.57. The molecule has 1 aromatic heterocycles. The van der Waals surface area contributed by atoms with Gasteiger partial charge in [0.05, 0.1) is 5.69 Å². The van der Waals surface area contributed by atoms with Crippen LogP contribution in [0.1, 0.15) is 25.5 Å². The number of thiazole rings is 1. The highest BCUT2D eigenvalue weighted by atomic mass is 32.1. The lowest BCUT2D eigenvalue weighted by atomic mass is 10.2. The Bertz CT molecular complexity index is 311. The van der Waals surface area contributed by atoms with Gasteiger partial charge in [0.2, 0.25) is 0 Å². The number of hydrogen-bond donors (Lipinski definition) is 1. The summed E-state index contributed by atoms with van der Waals surface area (Å²) < 4.78 is 0. The van der Waals surface area contributed by atoms with Gasteiger partial charge in [0.25, 0.3) is 0 Å². The van der Waals surface area contributed by atoms with E-state index in [0.717, 1.165) is 18.8 Å². The van der Waals surface area contributed by atoms with Crippen LogP contribution in [0.4, 0.5) is 5.13 Å². The number of anilines is 1. The molecule has 1 N–H and O–H groups in total. The van der Waals surface area contributed by atoms with Crippen LogP contribution in [0.15, 0.2) is 5.38 Å². The topological polar surface area (TPSA) is 28.2 Å². The quantitative estimate of drug-likeness (QED) is 0.850. The molecule has 1 aromatic rings. The Morgan fingerprint density at radius 3 is 3.20 bits per heavy atom. The van der Waals surface area contributed by atoms with Gasteiger partial charge in [0, 0.05) is 24.5 Å². The minimum absolute atomic E-state index is 0.649. The Morgan fingerprint density at radius 2 is 2.53 bits per heavy atom. The van der Waals surface area contributed by atoms with Crippen molar-refractivity contribution in [3.63, 3.8) is 0 Å². The molecule has 1 saturated heterocycles. The van der Waals surface area contributed by atoms with Crippen LogP contribution in [0.3, 0.4) is 0 Å². The van der Waals surface area contributed by atoms with Gasteiger partial charge in [-0.2, -0.15) is 0 Å². The molecule has 4 heteroatoms. The van der Waals surface area contributed by atoms with Crippen molar-refractivity contribution in [2.75, 3.05) is 24.5 Å². The van der Waals surface area contributed by atoms with Gasteiger partial charge >= 0.3 is 0 Å². The maximum Gasteiger partial charge on any atom is 0.185 e. The Labute approximate surface area is 95.5 Å². The molecule has 0 bridgehead atoms. The van der Waals surface area contributed by atoms with E-state index in [1.54, 1.807) is 11.3 Å². The molecule has 2 heterocycles. The Morgan fingerprint density at radius 1 is 1.67 bits per heavy atom. The van der Waals surface area contributed by atoms with Crippen LogP contribution < -0.4 is 10.2 Å². The number of likely N-dealkylation sites (N-methyl/N-ethyl adjacent to an activating group) is 1. The third kappa shape index (κ3) is 2.49. The molecule has 2 rings (SSSR count). The van der Waals surface area contributed by atoms with E-state index < -0.39 is 0 Å². The van der Waals surface area contributed by atoms with E-state index in [2.05, 4.69) is 34.4 Å². The van der Waals surface area contributed by atoms with Gasteiger partial charge in [-0.05, 0) is 26.3 Å². The summed E-state index contributed by atoms with van der Waals surface area (Å²) in [6.45, 7) is 7.54. The van der Waals surface area contributed by atoms with E-state index in [9.17, 15) is 0 Å². The van der Waals surface area contributed by atoms with Gasteiger partial charge in [-0.15, -0.1) is 11.3 Å². The third-order valence-corrected chi connectivity index (χ3v) is 3.86. The first-order chi connectivity index (χ1) is 7.31. The summed E-state index contributed by atoms with van der Waals surface area (Å²) in [5, 5.41) is 6.77. The molecule has 0 radical (unpaired) electrons. The molecule has 0 spiro atoms. The van der Waals surface area contributed by atoms with Gasteiger partial charge in [-0.1, -0.05) is 6.92 Å². The van der Waals surface area contributed by atoms with E-state index in [1.165, 1.54) is 24.5 Å². The first-order valence-electron chi connectivity index (χ1n) is 5.70. The van der Waals surface area contributed by atoms with Gasteiger partial charge in [0.15, 0.2) is 5.13 Å². The van der Waals surface area contributed by atoms with Crippen molar-refractivity contribution in [1.29, 1.82) is 0 Å². The van der Waals surface area contributed by atoms with E-state index in [-0.39, 0.29) is 0 Å². The maximum atomic E-state index is 4.57. The highest BCUT2D eigenvalue weighted by Gasteiger charge is 2.25. The fourth-order valence-electron chi connectivity index (χ4n) is 2.08. The number of hydrogen-bond acceptors (Lipinski definition) is 4. The van der Waals surface area contributed by atoms with E-state index in [4.69, 9.17) is 0 Å². The van der Waals surface area contributed by atoms with Crippen LogP contribution >= 0.6 is 11.3 Å². The second kappa shape index (κ2) is 4.94. The predicted octanol–water partition coefficient (Wildman–Crippen LogP) is 2.03. The number of aromatic nitrogens is 1. The average molecular weight is 225 g/mol. The fraction of sp³-hybridized carbons (Fsp3) is 0.727. The monoisotopic (exact) mass is 225 g/mol. The summed E-state index contributed by atoms with van der Waals surface area (Å²) in [4.78, 5) is 7.03. The summed E-state index contributed by atoms with van der Waals surface area (Å²) in [5.41, 5.74) is 1.14. The Kier molecular flexibility index (Phi) is 3.59. The molecule has 0 aromatic carbocycles. The van der Waals surface area contributed by atoms with E-state index >= 15 is 0 Å². The third-order valence-electron chi connectivity index (χ3n) is 2.86. The van der Waals surface area contributed by atoms with Crippen molar-refractivity contribution in [2.45, 2.75) is 32.7 Å². The number of nitrogens with zero attached hydrogens (tertiary/aromatic N) is 2. The largest absolute Gasteiger partial charge is 0.344 e. The van der Waals surface area contributed by atoms with Gasteiger partial charge in [-0.3, -0.25) is 0 Å². The summed E-state index contributed by atoms with van der Waals surface area (Å²) in [5.74, 6) is 0. The average Bonchev–Trinajstić information content (AvgIpc) is 2.82. The molecule has 0 amide bonds. The Hall–Kier alpha value is -0.610. The second-order valence-corrected chi connectivity index (χ2v) is 4.91. The molecule has 0 saturated carbocycles. The summed E-state index contributed by atoms with van der Waals surface area (Å²) in [6, 6.07) is 0.649. The van der Waals surface area contributed by atoms with Gasteiger partial charge < -0.3 is 10.2 Å². The van der Waals surface area contributed by atoms with Crippen LogP contribution in [-0.2, 0) is 0 Å². The molecule has 1 aliphatic rings. The summed E-state index contributed by atoms with van der Waals surface area (Å²) >= 11 is 1.77. The minimum atomic E-state index is 0.649. The first-order valence-corrected chi connectivity index (χ1v) is 6.58. The van der Waals surface area contributed by atoms with Crippen LogP contribution in [0.2, 0.25) is 0 Å². The molecular weight excluding hydrogens is 206 g/mol. The van der Waals surface area contributed by atoms with E-state index in [0.29, 0.717) is 6.04 Å². The van der Waals surface area contributed by atoms with Crippen LogP contribution in [0.25, 0.3) is 0 Å². The molecule has 1 fully saturated rings. The summed E-state index contributed by atoms with van der Waals surface area (Å²) in [7, 11) is 0. The van der Waals surface area contributed by atoms with Crippen molar-refractivity contribution in [3.05, 3.63) is 11.1 Å². The minimum Gasteiger partial charge on any atom is -0.344 e. The van der Waals surface area contributed by atoms with Crippen molar-refractivity contribution < 1.29 is 0 Å². The first kappa shape index (κ1) is 10.9. The number of nitrogens with one attached hydrogen (secondary N) is 1. The van der Waals surface area contributed by atoms with Crippen LogP contribution in [0.5, 0.6) is 0 Å². The van der Waals surface area contributed by atoms with Crippen molar-refractivity contribution in [3.8, 4) is 0 Å². The molecule has 1 unspecified atom stereocenters. The molecule has 3 nitrogen and oxygen atoms in total. The fourth-order valence-corrected chi connectivity index (χ4v) is 2.99. The predicted molar refractivity (Wildman–Crippen MR) is 65.8 cm³/mol. The smallest absolute Gasteiger partial charge is 0.185 e. The Balaban J connectivity index is 2.01.